The van der Waals surface area contributed by atoms with Gasteiger partial charge in [0.15, 0.2) is 0 Å². The molecule has 8 heteroatoms. The number of halogens is 4. The maximum absolute atomic E-state index is 14.8. The minimum Gasteiger partial charge on any atom is -0.379 e. The average Bonchev–Trinajstić information content (AvgIpc) is 2.71. The molecule has 0 atom stereocenters. The lowest BCUT2D eigenvalue weighted by Gasteiger charge is -2.15. The van der Waals surface area contributed by atoms with Crippen LogP contribution in [0.3, 0.4) is 0 Å². The monoisotopic (exact) mass is 489 g/mol. The molecule has 0 bridgehead atoms. The number of nitrogens with one attached hydrogen (secondary N) is 2. The molecule has 4 rings (SSSR count). The predicted octanol–water partition coefficient (Wildman–Crippen LogP) is 6.20. The molecule has 0 aliphatic heterocycles. The van der Waals surface area contributed by atoms with E-state index < -0.39 is 5.82 Å². The maximum atomic E-state index is 14.8. The Morgan fingerprint density at radius 1 is 1.13 bits per heavy atom. The van der Waals surface area contributed by atoms with Gasteiger partial charge >= 0.3 is 0 Å². The Bertz CT molecular complexity index is 1320. The third-order valence-corrected chi connectivity index (χ3v) is 5.69. The van der Waals surface area contributed by atoms with Crippen LogP contribution in [0, 0.1) is 18.6 Å². The SMILES string of the molecule is Cc1nc2cc(F)c(-c3ccc(=O)[nH]c3)cc2c(NCc2cc(Br)ccc2F)c1Cl. The van der Waals surface area contributed by atoms with Crippen molar-refractivity contribution in [2.24, 2.45) is 0 Å². The molecular weight excluding hydrogens is 476 g/mol. The number of aromatic nitrogens is 2. The van der Waals surface area contributed by atoms with Crippen molar-refractivity contribution in [3.05, 3.63) is 91.4 Å². The van der Waals surface area contributed by atoms with Gasteiger partial charge in [-0.2, -0.15) is 0 Å². The lowest BCUT2D eigenvalue weighted by atomic mass is 10.0. The topological polar surface area (TPSA) is 57.8 Å². The van der Waals surface area contributed by atoms with Gasteiger partial charge in [0.1, 0.15) is 11.6 Å². The number of nitrogens with zero attached hydrogens (tertiary/aromatic N) is 1. The van der Waals surface area contributed by atoms with Crippen molar-refractivity contribution in [2.45, 2.75) is 13.5 Å². The van der Waals surface area contributed by atoms with Gasteiger partial charge in [-0.15, -0.1) is 0 Å². The lowest BCUT2D eigenvalue weighted by Crippen LogP contribution is -2.05. The van der Waals surface area contributed by atoms with Crippen molar-refractivity contribution >= 4 is 44.1 Å². The molecule has 0 unspecified atom stereocenters. The first-order valence-electron chi connectivity index (χ1n) is 9.00. The van der Waals surface area contributed by atoms with Gasteiger partial charge in [0, 0.05) is 51.4 Å². The standard InChI is InChI=1S/C22H15BrClF2N3O/c1-11-21(24)22(28-10-13-6-14(23)3-4-17(13)25)16-7-15(18(26)8-19(16)29-11)12-2-5-20(30)27-9-12/h2-9H,10H2,1H3,(H,27,30)(H,28,29). The fourth-order valence-electron chi connectivity index (χ4n) is 3.22. The van der Waals surface area contributed by atoms with Crippen LogP contribution in [0.1, 0.15) is 11.3 Å². The number of aromatic amines is 1. The molecule has 0 aliphatic rings. The van der Waals surface area contributed by atoms with Gasteiger partial charge < -0.3 is 10.3 Å². The molecule has 0 spiro atoms. The van der Waals surface area contributed by atoms with E-state index in [9.17, 15) is 13.6 Å². The normalized spacial score (nSPS) is 11.1. The van der Waals surface area contributed by atoms with Crippen LogP contribution in [0.2, 0.25) is 5.02 Å². The van der Waals surface area contributed by atoms with Crippen molar-refractivity contribution in [3.63, 3.8) is 0 Å². The second-order valence-electron chi connectivity index (χ2n) is 6.77. The third kappa shape index (κ3) is 3.95. The third-order valence-electron chi connectivity index (χ3n) is 4.74. The summed E-state index contributed by atoms with van der Waals surface area (Å²) in [5.41, 5.74) is 2.44. The van der Waals surface area contributed by atoms with Gasteiger partial charge in [0.2, 0.25) is 5.56 Å². The van der Waals surface area contributed by atoms with Gasteiger partial charge in [0.05, 0.1) is 21.9 Å². The van der Waals surface area contributed by atoms with Crippen molar-refractivity contribution in [1.82, 2.24) is 9.97 Å². The van der Waals surface area contributed by atoms with Crippen molar-refractivity contribution in [3.8, 4) is 11.1 Å². The number of hydrogen-bond donors (Lipinski definition) is 2. The van der Waals surface area contributed by atoms with Crippen LogP contribution in [-0.2, 0) is 6.54 Å². The zero-order chi connectivity index (χ0) is 21.4. The van der Waals surface area contributed by atoms with E-state index in [2.05, 4.69) is 31.2 Å². The Balaban J connectivity index is 1.84. The van der Waals surface area contributed by atoms with Gasteiger partial charge in [-0.3, -0.25) is 9.78 Å². The Kier molecular flexibility index (Phi) is 5.58. The number of fused-ring (bicyclic) bond motifs is 1. The predicted molar refractivity (Wildman–Crippen MR) is 119 cm³/mol. The highest BCUT2D eigenvalue weighted by Crippen LogP contribution is 2.36. The second-order valence-corrected chi connectivity index (χ2v) is 8.06. The Morgan fingerprint density at radius 3 is 2.67 bits per heavy atom. The summed E-state index contributed by atoms with van der Waals surface area (Å²) in [5.74, 6) is -0.829. The zero-order valence-electron chi connectivity index (χ0n) is 15.7. The van der Waals surface area contributed by atoms with Crippen LogP contribution in [0.5, 0.6) is 0 Å². The fraction of sp³-hybridized carbons (Fsp3) is 0.0909. The molecule has 0 saturated carbocycles. The van der Waals surface area contributed by atoms with Crippen LogP contribution in [0.15, 0.2) is 57.9 Å². The molecule has 0 amide bonds. The first kappa shape index (κ1) is 20.5. The minimum absolute atomic E-state index is 0.176. The van der Waals surface area contributed by atoms with Gasteiger partial charge in [-0.25, -0.2) is 8.78 Å². The molecule has 2 heterocycles. The number of pyridine rings is 2. The summed E-state index contributed by atoms with van der Waals surface area (Å²) in [6.07, 6.45) is 1.44. The lowest BCUT2D eigenvalue weighted by molar-refractivity contribution is 0.612. The van der Waals surface area contributed by atoms with Crippen molar-refractivity contribution < 1.29 is 8.78 Å². The number of rotatable bonds is 4. The van der Waals surface area contributed by atoms with E-state index in [1.54, 1.807) is 25.1 Å². The highest BCUT2D eigenvalue weighted by molar-refractivity contribution is 9.10. The molecule has 0 radical (unpaired) electrons. The average molecular weight is 491 g/mol. The Labute approximate surface area is 184 Å². The van der Waals surface area contributed by atoms with Gasteiger partial charge in [-0.05, 0) is 37.3 Å². The maximum Gasteiger partial charge on any atom is 0.247 e. The first-order chi connectivity index (χ1) is 14.3. The number of anilines is 1. The van der Waals surface area contributed by atoms with E-state index in [0.29, 0.717) is 38.4 Å². The molecule has 0 fully saturated rings. The second kappa shape index (κ2) is 8.16. The van der Waals surface area contributed by atoms with Crippen molar-refractivity contribution in [2.75, 3.05) is 5.32 Å². The number of H-pyrrole nitrogens is 1. The van der Waals surface area contributed by atoms with Crippen molar-refractivity contribution in [1.29, 1.82) is 0 Å². The van der Waals surface area contributed by atoms with Crippen LogP contribution in [-0.4, -0.2) is 9.97 Å². The van der Waals surface area contributed by atoms with Crippen LogP contribution in [0.4, 0.5) is 14.5 Å². The summed E-state index contributed by atoms with van der Waals surface area (Å²) in [6, 6.07) is 10.5. The zero-order valence-corrected chi connectivity index (χ0v) is 18.0. The summed E-state index contributed by atoms with van der Waals surface area (Å²) in [6.45, 7) is 1.90. The molecule has 152 valence electrons. The van der Waals surface area contributed by atoms with E-state index in [0.717, 1.165) is 4.47 Å². The first-order valence-corrected chi connectivity index (χ1v) is 10.2. The van der Waals surface area contributed by atoms with Crippen LogP contribution >= 0.6 is 27.5 Å². The van der Waals surface area contributed by atoms with Gasteiger partial charge in [0.25, 0.3) is 0 Å². The van der Waals surface area contributed by atoms with Gasteiger partial charge in [-0.1, -0.05) is 27.5 Å². The van der Waals surface area contributed by atoms with E-state index in [1.165, 1.54) is 30.5 Å². The molecule has 2 aromatic carbocycles. The molecule has 30 heavy (non-hydrogen) atoms. The molecule has 4 aromatic rings. The molecule has 2 aromatic heterocycles. The minimum atomic E-state index is -0.479. The molecule has 0 saturated heterocycles. The summed E-state index contributed by atoms with van der Waals surface area (Å²) in [4.78, 5) is 18.3. The number of hydrogen-bond acceptors (Lipinski definition) is 3. The van der Waals surface area contributed by atoms with Crippen LogP contribution < -0.4 is 10.9 Å². The number of benzene rings is 2. The quantitative estimate of drug-likeness (QED) is 0.358. The summed E-state index contributed by atoms with van der Waals surface area (Å²) in [7, 11) is 0. The smallest absolute Gasteiger partial charge is 0.247 e. The summed E-state index contributed by atoms with van der Waals surface area (Å²) >= 11 is 9.84. The van der Waals surface area contributed by atoms with E-state index >= 15 is 0 Å². The Morgan fingerprint density at radius 2 is 1.93 bits per heavy atom. The highest BCUT2D eigenvalue weighted by Gasteiger charge is 2.16. The number of aryl methyl sites for hydroxylation is 1. The summed E-state index contributed by atoms with van der Waals surface area (Å²) < 4.78 is 29.7. The molecule has 0 aliphatic carbocycles. The van der Waals surface area contributed by atoms with E-state index in [4.69, 9.17) is 11.6 Å². The van der Waals surface area contributed by atoms with E-state index in [-0.39, 0.29) is 23.5 Å². The highest BCUT2D eigenvalue weighted by atomic mass is 79.9. The largest absolute Gasteiger partial charge is 0.379 e. The Hall–Kier alpha value is -2.77. The summed E-state index contributed by atoms with van der Waals surface area (Å²) in [5, 5.41) is 4.13. The van der Waals surface area contributed by atoms with Crippen LogP contribution in [0.25, 0.3) is 22.0 Å². The fourth-order valence-corrected chi connectivity index (χ4v) is 3.84. The molecule has 4 nitrogen and oxygen atoms in total. The molecular formula is C22H15BrClF2N3O. The van der Waals surface area contributed by atoms with E-state index in [1.807, 2.05) is 0 Å². The molecule has 2 N–H and O–H groups in total.